The van der Waals surface area contributed by atoms with Gasteiger partial charge in [0.05, 0.1) is 17.7 Å². The minimum absolute atomic E-state index is 0.192. The number of nitrogens with one attached hydrogen (secondary N) is 1. The van der Waals surface area contributed by atoms with Crippen molar-refractivity contribution < 1.29 is 9.21 Å². The molecule has 0 bridgehead atoms. The molecule has 0 unspecified atom stereocenters. The molecule has 138 valence electrons. The molecule has 0 saturated carbocycles. The first-order valence-electron chi connectivity index (χ1n) is 8.35. The molecule has 1 N–H and O–H groups in total. The monoisotopic (exact) mass is 400 g/mol. The number of aryl methyl sites for hydroxylation is 2. The van der Waals surface area contributed by atoms with Crippen molar-refractivity contribution in [2.75, 3.05) is 0 Å². The third-order valence-corrected chi connectivity index (χ3v) is 4.62. The summed E-state index contributed by atoms with van der Waals surface area (Å²) in [6.45, 7) is 4.01. The first kappa shape index (κ1) is 19.2. The Morgan fingerprint density at radius 3 is 2.70 bits per heavy atom. The molecule has 0 aliphatic rings. The van der Waals surface area contributed by atoms with Crippen LogP contribution in [0.25, 0.3) is 11.3 Å². The quantitative estimate of drug-likeness (QED) is 0.449. The standard InChI is InChI=1S/C21H18Cl2N2O2/c1-13-3-4-15(14(2)9-13)10-21(26)25-24-12-17-6-8-20(27-17)18-11-16(22)5-7-19(18)23/h3-9,11-12H,10H2,1-2H3,(H,25,26)/b24-12+. The molecular weight excluding hydrogens is 383 g/mol. The average Bonchev–Trinajstić information content (AvgIpc) is 3.08. The Kier molecular flexibility index (Phi) is 5.99. The molecule has 0 radical (unpaired) electrons. The SMILES string of the molecule is Cc1ccc(CC(=O)N/N=C/c2ccc(-c3cc(Cl)ccc3Cl)o2)c(C)c1. The topological polar surface area (TPSA) is 54.6 Å². The predicted octanol–water partition coefficient (Wildman–Crippen LogP) is 5.56. The lowest BCUT2D eigenvalue weighted by Gasteiger charge is -2.05. The van der Waals surface area contributed by atoms with E-state index in [2.05, 4.69) is 16.6 Å². The van der Waals surface area contributed by atoms with E-state index in [9.17, 15) is 4.79 Å². The van der Waals surface area contributed by atoms with Crippen LogP contribution in [0, 0.1) is 13.8 Å². The zero-order chi connectivity index (χ0) is 19.4. The van der Waals surface area contributed by atoms with Gasteiger partial charge in [-0.2, -0.15) is 5.10 Å². The Morgan fingerprint density at radius 1 is 1.11 bits per heavy atom. The molecule has 1 heterocycles. The van der Waals surface area contributed by atoms with Crippen molar-refractivity contribution in [3.8, 4) is 11.3 Å². The Hall–Kier alpha value is -2.56. The molecule has 3 rings (SSSR count). The molecular formula is C21H18Cl2N2O2. The number of benzene rings is 2. The summed E-state index contributed by atoms with van der Waals surface area (Å²) in [5.74, 6) is 0.876. The van der Waals surface area contributed by atoms with E-state index in [0.717, 1.165) is 11.1 Å². The van der Waals surface area contributed by atoms with Crippen molar-refractivity contribution in [2.45, 2.75) is 20.3 Å². The fourth-order valence-corrected chi connectivity index (χ4v) is 3.06. The first-order valence-corrected chi connectivity index (χ1v) is 9.11. The fourth-order valence-electron chi connectivity index (χ4n) is 2.68. The molecule has 0 atom stereocenters. The molecule has 1 aromatic heterocycles. The number of hydrogen-bond acceptors (Lipinski definition) is 3. The highest BCUT2D eigenvalue weighted by molar-refractivity contribution is 6.35. The second kappa shape index (κ2) is 8.42. The van der Waals surface area contributed by atoms with Gasteiger partial charge in [-0.15, -0.1) is 0 Å². The summed E-state index contributed by atoms with van der Waals surface area (Å²) in [5, 5.41) is 5.06. The lowest BCUT2D eigenvalue weighted by Crippen LogP contribution is -2.20. The Bertz CT molecular complexity index is 1010. The van der Waals surface area contributed by atoms with Gasteiger partial charge in [0.2, 0.25) is 5.91 Å². The van der Waals surface area contributed by atoms with E-state index in [1.165, 1.54) is 11.8 Å². The maximum Gasteiger partial charge on any atom is 0.244 e. The third kappa shape index (κ3) is 5.00. The van der Waals surface area contributed by atoms with E-state index in [4.69, 9.17) is 27.6 Å². The number of carbonyl (C=O) groups excluding carboxylic acids is 1. The van der Waals surface area contributed by atoms with Crippen LogP contribution >= 0.6 is 23.2 Å². The maximum absolute atomic E-state index is 12.1. The molecule has 0 aliphatic heterocycles. The van der Waals surface area contributed by atoms with Gasteiger partial charge in [0.1, 0.15) is 11.5 Å². The van der Waals surface area contributed by atoms with Gasteiger partial charge in [0.25, 0.3) is 0 Å². The largest absolute Gasteiger partial charge is 0.455 e. The van der Waals surface area contributed by atoms with Crippen LogP contribution in [0.5, 0.6) is 0 Å². The van der Waals surface area contributed by atoms with Crippen LogP contribution in [0.3, 0.4) is 0 Å². The van der Waals surface area contributed by atoms with Crippen LogP contribution in [-0.4, -0.2) is 12.1 Å². The van der Waals surface area contributed by atoms with Gasteiger partial charge in [-0.25, -0.2) is 5.43 Å². The summed E-state index contributed by atoms with van der Waals surface area (Å²) in [6, 6.07) is 14.7. The van der Waals surface area contributed by atoms with Crippen molar-refractivity contribution in [3.63, 3.8) is 0 Å². The zero-order valence-electron chi connectivity index (χ0n) is 14.9. The van der Waals surface area contributed by atoms with Gasteiger partial charge in [0.15, 0.2) is 0 Å². The smallest absolute Gasteiger partial charge is 0.244 e. The van der Waals surface area contributed by atoms with E-state index < -0.39 is 0 Å². The van der Waals surface area contributed by atoms with Crippen molar-refractivity contribution in [1.82, 2.24) is 5.43 Å². The first-order chi connectivity index (χ1) is 12.9. The number of rotatable bonds is 5. The molecule has 1 amide bonds. The van der Waals surface area contributed by atoms with E-state index in [0.29, 0.717) is 27.1 Å². The highest BCUT2D eigenvalue weighted by Gasteiger charge is 2.09. The minimum Gasteiger partial charge on any atom is -0.455 e. The zero-order valence-corrected chi connectivity index (χ0v) is 16.4. The average molecular weight is 401 g/mol. The predicted molar refractivity (Wildman–Crippen MR) is 110 cm³/mol. The minimum atomic E-state index is -0.192. The molecule has 0 spiro atoms. The van der Waals surface area contributed by atoms with Crippen LogP contribution in [-0.2, 0) is 11.2 Å². The molecule has 0 aliphatic carbocycles. The molecule has 0 saturated heterocycles. The summed E-state index contributed by atoms with van der Waals surface area (Å²) in [4.78, 5) is 12.1. The molecule has 2 aromatic carbocycles. The van der Waals surface area contributed by atoms with E-state index in [1.54, 1.807) is 30.3 Å². The molecule has 3 aromatic rings. The van der Waals surface area contributed by atoms with Crippen LogP contribution in [0.15, 0.2) is 58.0 Å². The van der Waals surface area contributed by atoms with Crippen molar-refractivity contribution in [2.24, 2.45) is 5.10 Å². The number of hydrogen-bond donors (Lipinski definition) is 1. The number of carbonyl (C=O) groups is 1. The number of amides is 1. The van der Waals surface area contributed by atoms with Crippen molar-refractivity contribution >= 4 is 35.3 Å². The molecule has 4 nitrogen and oxygen atoms in total. The number of furan rings is 1. The fraction of sp³-hybridized carbons (Fsp3) is 0.143. The lowest BCUT2D eigenvalue weighted by molar-refractivity contribution is -0.120. The third-order valence-electron chi connectivity index (χ3n) is 4.05. The second-order valence-corrected chi connectivity index (χ2v) is 7.07. The van der Waals surface area contributed by atoms with Gasteiger partial charge in [0, 0.05) is 10.6 Å². The van der Waals surface area contributed by atoms with Gasteiger partial charge in [-0.3, -0.25) is 4.79 Å². The van der Waals surface area contributed by atoms with Crippen LogP contribution < -0.4 is 5.43 Å². The van der Waals surface area contributed by atoms with Crippen LogP contribution in [0.4, 0.5) is 0 Å². The molecule has 27 heavy (non-hydrogen) atoms. The number of nitrogens with zero attached hydrogens (tertiary/aromatic N) is 1. The number of halogens is 2. The molecule has 6 heteroatoms. The lowest BCUT2D eigenvalue weighted by atomic mass is 10.0. The van der Waals surface area contributed by atoms with E-state index in [1.807, 2.05) is 26.0 Å². The summed E-state index contributed by atoms with van der Waals surface area (Å²) in [7, 11) is 0. The van der Waals surface area contributed by atoms with Gasteiger partial charge in [-0.1, -0.05) is 47.0 Å². The van der Waals surface area contributed by atoms with E-state index >= 15 is 0 Å². The number of hydrazone groups is 1. The van der Waals surface area contributed by atoms with E-state index in [-0.39, 0.29) is 12.3 Å². The van der Waals surface area contributed by atoms with Gasteiger partial charge in [-0.05, 0) is 55.3 Å². The highest BCUT2D eigenvalue weighted by atomic mass is 35.5. The van der Waals surface area contributed by atoms with Crippen LogP contribution in [0.2, 0.25) is 10.0 Å². The summed E-state index contributed by atoms with van der Waals surface area (Å²) >= 11 is 12.2. The summed E-state index contributed by atoms with van der Waals surface area (Å²) < 4.78 is 5.69. The Morgan fingerprint density at radius 2 is 1.93 bits per heavy atom. The van der Waals surface area contributed by atoms with Crippen molar-refractivity contribution in [1.29, 1.82) is 0 Å². The molecule has 0 fully saturated rings. The maximum atomic E-state index is 12.1. The Balaban J connectivity index is 1.62. The van der Waals surface area contributed by atoms with Gasteiger partial charge < -0.3 is 4.42 Å². The van der Waals surface area contributed by atoms with Gasteiger partial charge >= 0.3 is 0 Å². The normalized spacial score (nSPS) is 11.1. The Labute approximate surface area is 167 Å². The summed E-state index contributed by atoms with van der Waals surface area (Å²) in [6.07, 6.45) is 1.72. The van der Waals surface area contributed by atoms with Crippen LogP contribution in [0.1, 0.15) is 22.5 Å². The summed E-state index contributed by atoms with van der Waals surface area (Å²) in [5.41, 5.74) is 6.44. The van der Waals surface area contributed by atoms with Crippen molar-refractivity contribution in [3.05, 3.63) is 81.0 Å². The second-order valence-electron chi connectivity index (χ2n) is 6.23. The highest BCUT2D eigenvalue weighted by Crippen LogP contribution is 2.31.